The normalized spacial score (nSPS) is 16.0. The summed E-state index contributed by atoms with van der Waals surface area (Å²) in [5, 5.41) is 0. The third-order valence-electron chi connectivity index (χ3n) is 2.62. The topological polar surface area (TPSA) is 45.8 Å². The summed E-state index contributed by atoms with van der Waals surface area (Å²) < 4.78 is 0. The third kappa shape index (κ3) is 1.13. The van der Waals surface area contributed by atoms with Gasteiger partial charge in [0.15, 0.2) is 0 Å². The van der Waals surface area contributed by atoms with Gasteiger partial charge in [-0.15, -0.1) is 0 Å². The Morgan fingerprint density at radius 1 is 1.43 bits per heavy atom. The van der Waals surface area contributed by atoms with E-state index in [2.05, 4.69) is 9.97 Å². The maximum absolute atomic E-state index is 10.6. The van der Waals surface area contributed by atoms with Gasteiger partial charge < -0.3 is 4.98 Å². The molecule has 3 heteroatoms. The van der Waals surface area contributed by atoms with Crippen LogP contribution in [0.3, 0.4) is 0 Å². The number of fused-ring (bicyclic) bond motifs is 1. The number of aromatic nitrogens is 2. The molecule has 1 aliphatic carbocycles. The Balaban J connectivity index is 2.17. The van der Waals surface area contributed by atoms with Crippen LogP contribution in [0.4, 0.5) is 0 Å². The number of imidazole rings is 1. The summed E-state index contributed by atoms with van der Waals surface area (Å²) in [5.74, 6) is 1.70. The molecule has 1 saturated carbocycles. The molecule has 3 rings (SSSR count). The van der Waals surface area contributed by atoms with Gasteiger partial charge in [0, 0.05) is 11.5 Å². The predicted molar refractivity (Wildman–Crippen MR) is 53.5 cm³/mol. The fourth-order valence-electron chi connectivity index (χ4n) is 1.67. The van der Waals surface area contributed by atoms with Gasteiger partial charge in [0.1, 0.15) is 12.1 Å². The fraction of sp³-hybridized carbons (Fsp3) is 0.273. The monoisotopic (exact) mass is 186 g/mol. The molecule has 0 radical (unpaired) electrons. The van der Waals surface area contributed by atoms with Crippen molar-refractivity contribution in [2.24, 2.45) is 0 Å². The van der Waals surface area contributed by atoms with Gasteiger partial charge in [-0.1, -0.05) is 0 Å². The number of aromatic amines is 1. The lowest BCUT2D eigenvalue weighted by Crippen LogP contribution is -1.79. The number of hydrogen-bond acceptors (Lipinski definition) is 2. The Morgan fingerprint density at radius 2 is 2.29 bits per heavy atom. The van der Waals surface area contributed by atoms with E-state index in [1.807, 2.05) is 12.1 Å². The van der Waals surface area contributed by atoms with Crippen molar-refractivity contribution in [3.63, 3.8) is 0 Å². The first-order valence-electron chi connectivity index (χ1n) is 4.81. The molecule has 1 heterocycles. The minimum absolute atomic E-state index is 0.627. The number of H-pyrrole nitrogens is 1. The molecular formula is C11H10N2O. The average molecular weight is 186 g/mol. The fourth-order valence-corrected chi connectivity index (χ4v) is 1.67. The molecule has 1 aromatic heterocycles. The van der Waals surface area contributed by atoms with Crippen LogP contribution < -0.4 is 0 Å². The number of benzene rings is 1. The standard InChI is InChI=1S/C11H10N2O/c14-6-7-1-4-9-10(5-7)13-11(12-9)8-2-3-8/h1,4-6,8H,2-3H2,(H,12,13). The highest BCUT2D eigenvalue weighted by molar-refractivity contribution is 5.84. The van der Waals surface area contributed by atoms with E-state index in [9.17, 15) is 4.79 Å². The quantitative estimate of drug-likeness (QED) is 0.731. The Kier molecular flexibility index (Phi) is 1.48. The van der Waals surface area contributed by atoms with Crippen LogP contribution in [0.15, 0.2) is 18.2 Å². The van der Waals surface area contributed by atoms with Gasteiger partial charge in [-0.25, -0.2) is 4.98 Å². The van der Waals surface area contributed by atoms with Crippen LogP contribution >= 0.6 is 0 Å². The highest BCUT2D eigenvalue weighted by Gasteiger charge is 2.26. The highest BCUT2D eigenvalue weighted by atomic mass is 16.1. The molecule has 0 atom stereocenters. The molecule has 0 saturated heterocycles. The molecule has 0 amide bonds. The van der Waals surface area contributed by atoms with Crippen LogP contribution in [0.5, 0.6) is 0 Å². The number of aldehydes is 1. The van der Waals surface area contributed by atoms with Crippen molar-refractivity contribution in [3.05, 3.63) is 29.6 Å². The lowest BCUT2D eigenvalue weighted by atomic mass is 10.2. The molecule has 14 heavy (non-hydrogen) atoms. The molecule has 0 bridgehead atoms. The molecular weight excluding hydrogens is 176 g/mol. The zero-order valence-electron chi connectivity index (χ0n) is 7.66. The summed E-state index contributed by atoms with van der Waals surface area (Å²) in [6.07, 6.45) is 3.33. The van der Waals surface area contributed by atoms with Crippen LogP contribution in [0.1, 0.15) is 34.9 Å². The van der Waals surface area contributed by atoms with Crippen molar-refractivity contribution < 1.29 is 4.79 Å². The van der Waals surface area contributed by atoms with Gasteiger partial charge >= 0.3 is 0 Å². The number of carbonyl (C=O) groups excluding carboxylic acids is 1. The average Bonchev–Trinajstić information content (AvgIpc) is 2.97. The predicted octanol–water partition coefficient (Wildman–Crippen LogP) is 2.25. The van der Waals surface area contributed by atoms with Crippen LogP contribution in [-0.2, 0) is 0 Å². The van der Waals surface area contributed by atoms with Crippen molar-refractivity contribution in [2.75, 3.05) is 0 Å². The molecule has 70 valence electrons. The maximum Gasteiger partial charge on any atom is 0.150 e. The number of nitrogens with zero attached hydrogens (tertiary/aromatic N) is 1. The molecule has 1 aromatic carbocycles. The minimum atomic E-state index is 0.627. The molecule has 0 spiro atoms. The van der Waals surface area contributed by atoms with E-state index in [0.717, 1.165) is 23.1 Å². The summed E-state index contributed by atoms with van der Waals surface area (Å²) >= 11 is 0. The Bertz CT molecular complexity index is 497. The van der Waals surface area contributed by atoms with Crippen molar-refractivity contribution in [2.45, 2.75) is 18.8 Å². The largest absolute Gasteiger partial charge is 0.342 e. The maximum atomic E-state index is 10.6. The Morgan fingerprint density at radius 3 is 3.00 bits per heavy atom. The van der Waals surface area contributed by atoms with Crippen molar-refractivity contribution in [1.82, 2.24) is 9.97 Å². The van der Waals surface area contributed by atoms with Gasteiger partial charge in [-0.3, -0.25) is 4.79 Å². The zero-order valence-corrected chi connectivity index (χ0v) is 7.66. The first-order valence-corrected chi connectivity index (χ1v) is 4.81. The summed E-state index contributed by atoms with van der Waals surface area (Å²) in [6.45, 7) is 0. The van der Waals surface area contributed by atoms with Crippen LogP contribution in [0, 0.1) is 0 Å². The van der Waals surface area contributed by atoms with Gasteiger partial charge in [-0.2, -0.15) is 0 Å². The van der Waals surface area contributed by atoms with E-state index in [1.165, 1.54) is 12.8 Å². The number of nitrogens with one attached hydrogen (secondary N) is 1. The van der Waals surface area contributed by atoms with Gasteiger partial charge in [0.05, 0.1) is 11.0 Å². The highest BCUT2D eigenvalue weighted by Crippen LogP contribution is 2.38. The third-order valence-corrected chi connectivity index (χ3v) is 2.62. The smallest absolute Gasteiger partial charge is 0.150 e. The van der Waals surface area contributed by atoms with E-state index >= 15 is 0 Å². The summed E-state index contributed by atoms with van der Waals surface area (Å²) in [6, 6.07) is 5.54. The van der Waals surface area contributed by atoms with Crippen LogP contribution in [0.25, 0.3) is 11.0 Å². The minimum Gasteiger partial charge on any atom is -0.342 e. The van der Waals surface area contributed by atoms with Crippen molar-refractivity contribution in [1.29, 1.82) is 0 Å². The first-order chi connectivity index (χ1) is 6.86. The van der Waals surface area contributed by atoms with Crippen molar-refractivity contribution >= 4 is 17.3 Å². The molecule has 0 unspecified atom stereocenters. The molecule has 1 N–H and O–H groups in total. The molecule has 3 nitrogen and oxygen atoms in total. The lowest BCUT2D eigenvalue weighted by Gasteiger charge is -1.88. The second kappa shape index (κ2) is 2.67. The van der Waals surface area contributed by atoms with Crippen LogP contribution in [-0.4, -0.2) is 16.3 Å². The zero-order chi connectivity index (χ0) is 9.54. The Hall–Kier alpha value is -1.64. The summed E-state index contributed by atoms with van der Waals surface area (Å²) in [7, 11) is 0. The number of carbonyl (C=O) groups is 1. The van der Waals surface area contributed by atoms with Gasteiger partial charge in [0.2, 0.25) is 0 Å². The molecule has 1 fully saturated rings. The van der Waals surface area contributed by atoms with E-state index in [0.29, 0.717) is 11.5 Å². The number of rotatable bonds is 2. The number of hydrogen-bond donors (Lipinski definition) is 1. The lowest BCUT2D eigenvalue weighted by molar-refractivity contribution is 0.112. The van der Waals surface area contributed by atoms with Gasteiger partial charge in [-0.05, 0) is 31.0 Å². The van der Waals surface area contributed by atoms with Crippen LogP contribution in [0.2, 0.25) is 0 Å². The second-order valence-corrected chi connectivity index (χ2v) is 3.79. The van der Waals surface area contributed by atoms with E-state index in [4.69, 9.17) is 0 Å². The Labute approximate surface area is 81.2 Å². The molecule has 1 aliphatic rings. The van der Waals surface area contributed by atoms with E-state index < -0.39 is 0 Å². The summed E-state index contributed by atoms with van der Waals surface area (Å²) in [4.78, 5) is 18.3. The molecule has 0 aliphatic heterocycles. The first kappa shape index (κ1) is 7.74. The summed E-state index contributed by atoms with van der Waals surface area (Å²) in [5.41, 5.74) is 2.62. The molecule has 2 aromatic rings. The SMILES string of the molecule is O=Cc1ccc2nc(C3CC3)[nH]c2c1. The van der Waals surface area contributed by atoms with E-state index in [-0.39, 0.29) is 0 Å². The van der Waals surface area contributed by atoms with Crippen molar-refractivity contribution in [3.8, 4) is 0 Å². The second-order valence-electron chi connectivity index (χ2n) is 3.79. The van der Waals surface area contributed by atoms with Gasteiger partial charge in [0.25, 0.3) is 0 Å². The van der Waals surface area contributed by atoms with E-state index in [1.54, 1.807) is 6.07 Å².